The van der Waals surface area contributed by atoms with Crippen LogP contribution in [0.5, 0.6) is 0 Å². The molecule has 146 valence electrons. The molecule has 0 fully saturated rings. The molecule has 0 N–H and O–H groups in total. The van der Waals surface area contributed by atoms with Crippen molar-refractivity contribution < 1.29 is 13.2 Å². The van der Waals surface area contributed by atoms with E-state index in [0.29, 0.717) is 11.3 Å². The fraction of sp³-hybridized carbons (Fsp3) is 0.0400. The number of alkyl halides is 3. The third-order valence-electron chi connectivity index (χ3n) is 5.54. The minimum absolute atomic E-state index is 0.233. The second-order valence-corrected chi connectivity index (χ2v) is 7.30. The average Bonchev–Trinajstić information content (AvgIpc) is 2.78. The third kappa shape index (κ3) is 2.98. The van der Waals surface area contributed by atoms with Gasteiger partial charge < -0.3 is 4.81 Å². The van der Waals surface area contributed by atoms with Crippen LogP contribution in [0, 0.1) is 0 Å². The molecule has 0 saturated heterocycles. The first kappa shape index (κ1) is 18.6. The molecule has 30 heavy (non-hydrogen) atoms. The zero-order chi connectivity index (χ0) is 20.7. The number of fused-ring (bicyclic) bond motifs is 3. The molecule has 0 amide bonds. The molecule has 5 rings (SSSR count). The molecule has 5 heteroatoms. The van der Waals surface area contributed by atoms with E-state index >= 15 is 0 Å². The van der Waals surface area contributed by atoms with Crippen LogP contribution in [0.3, 0.4) is 0 Å². The Hall–Kier alpha value is -3.47. The van der Waals surface area contributed by atoms with Crippen LogP contribution in [0.15, 0.2) is 103 Å². The van der Waals surface area contributed by atoms with Crippen molar-refractivity contribution in [2.45, 2.75) is 6.18 Å². The predicted molar refractivity (Wildman–Crippen MR) is 117 cm³/mol. The van der Waals surface area contributed by atoms with Crippen LogP contribution in [-0.2, 0) is 6.18 Å². The van der Waals surface area contributed by atoms with E-state index in [1.54, 1.807) is 18.2 Å². The summed E-state index contributed by atoms with van der Waals surface area (Å²) in [5.41, 5.74) is 3.54. The minimum atomic E-state index is -4.44. The van der Waals surface area contributed by atoms with E-state index in [2.05, 4.69) is 0 Å². The second kappa shape index (κ2) is 7.10. The molecule has 1 aliphatic rings. The molecule has 0 spiro atoms. The van der Waals surface area contributed by atoms with Gasteiger partial charge >= 0.3 is 13.0 Å². The van der Waals surface area contributed by atoms with Gasteiger partial charge in [-0.3, -0.25) is 0 Å². The lowest BCUT2D eigenvalue weighted by atomic mass is 9.45. The Morgan fingerprint density at radius 3 is 1.97 bits per heavy atom. The molecule has 0 unspecified atom stereocenters. The maximum absolute atomic E-state index is 14.0. The van der Waals surface area contributed by atoms with E-state index in [0.717, 1.165) is 16.6 Å². The van der Waals surface area contributed by atoms with Crippen molar-refractivity contribution in [1.29, 1.82) is 0 Å². The number of halogens is 3. The number of nitrogens with zero attached hydrogens (tertiary/aromatic N) is 1. The van der Waals surface area contributed by atoms with Crippen LogP contribution < -0.4 is 15.7 Å². The van der Waals surface area contributed by atoms with Gasteiger partial charge in [-0.15, -0.1) is 0 Å². The molecule has 0 aliphatic carbocycles. The van der Waals surface area contributed by atoms with E-state index in [-0.39, 0.29) is 12.4 Å². The summed E-state index contributed by atoms with van der Waals surface area (Å²) in [7, 11) is 0. The van der Waals surface area contributed by atoms with Gasteiger partial charge in [-0.05, 0) is 35.3 Å². The zero-order valence-corrected chi connectivity index (χ0v) is 16.0. The summed E-state index contributed by atoms with van der Waals surface area (Å²) in [6, 6.07) is 31.4. The van der Waals surface area contributed by atoms with Crippen molar-refractivity contribution in [1.82, 2.24) is 0 Å². The quantitative estimate of drug-likeness (QED) is 0.395. The van der Waals surface area contributed by atoms with Crippen molar-refractivity contribution in [3.8, 4) is 11.1 Å². The fourth-order valence-corrected chi connectivity index (χ4v) is 4.34. The number of hydrogen-bond donors (Lipinski definition) is 0. The molecule has 4 aromatic rings. The van der Waals surface area contributed by atoms with E-state index < -0.39 is 11.7 Å². The summed E-state index contributed by atoms with van der Waals surface area (Å²) in [5, 5.41) is 0. The van der Waals surface area contributed by atoms with Gasteiger partial charge in [0.25, 0.3) is 0 Å². The number of anilines is 2. The molecule has 4 aromatic carbocycles. The highest BCUT2D eigenvalue weighted by atomic mass is 19.4. The van der Waals surface area contributed by atoms with Crippen molar-refractivity contribution in [2.75, 3.05) is 4.81 Å². The second-order valence-electron chi connectivity index (χ2n) is 7.30. The van der Waals surface area contributed by atoms with Crippen molar-refractivity contribution >= 4 is 29.1 Å². The van der Waals surface area contributed by atoms with Crippen molar-refractivity contribution in [3.05, 3.63) is 109 Å². The van der Waals surface area contributed by atoms with Crippen molar-refractivity contribution in [2.24, 2.45) is 0 Å². The maximum Gasteiger partial charge on any atom is 0.417 e. The molecule has 1 heterocycles. The Bertz CT molecular complexity index is 1190. The molecule has 0 radical (unpaired) electrons. The lowest BCUT2D eigenvalue weighted by molar-refractivity contribution is -0.137. The molecule has 0 saturated carbocycles. The lowest BCUT2D eigenvalue weighted by Gasteiger charge is -2.39. The fourth-order valence-electron chi connectivity index (χ4n) is 4.34. The largest absolute Gasteiger partial charge is 0.417 e. The first-order valence-corrected chi connectivity index (χ1v) is 9.74. The zero-order valence-electron chi connectivity index (χ0n) is 16.0. The summed E-state index contributed by atoms with van der Waals surface area (Å²) < 4.78 is 42.0. The Kier molecular flexibility index (Phi) is 4.39. The average molecular weight is 399 g/mol. The number of para-hydroxylation sites is 1. The molecule has 0 bridgehead atoms. The van der Waals surface area contributed by atoms with Crippen LogP contribution >= 0.6 is 0 Å². The topological polar surface area (TPSA) is 3.24 Å². The summed E-state index contributed by atoms with van der Waals surface area (Å²) in [6.07, 6.45) is -4.44. The Balaban J connectivity index is 1.87. The van der Waals surface area contributed by atoms with Gasteiger partial charge in [-0.2, -0.15) is 13.2 Å². The number of benzene rings is 4. The SMILES string of the molecule is FC(F)(F)c1cccc2c1-c1ccccc1B(c1ccccc1)N2c1ccccc1. The summed E-state index contributed by atoms with van der Waals surface area (Å²) >= 11 is 0. The summed E-state index contributed by atoms with van der Waals surface area (Å²) in [4.78, 5) is 2.02. The molecule has 0 aromatic heterocycles. The molecular formula is C25H17BF3N. The first-order chi connectivity index (χ1) is 14.6. The van der Waals surface area contributed by atoms with Gasteiger partial charge in [0.05, 0.1) is 5.56 Å². The van der Waals surface area contributed by atoms with E-state index in [1.165, 1.54) is 12.1 Å². The minimum Gasteiger partial charge on any atom is -0.376 e. The first-order valence-electron chi connectivity index (χ1n) is 9.74. The molecule has 0 atom stereocenters. The third-order valence-corrected chi connectivity index (χ3v) is 5.54. The van der Waals surface area contributed by atoms with Crippen LogP contribution in [-0.4, -0.2) is 6.85 Å². The van der Waals surface area contributed by atoms with Gasteiger partial charge in [0.2, 0.25) is 0 Å². The van der Waals surface area contributed by atoms with Gasteiger partial charge in [0.15, 0.2) is 0 Å². The van der Waals surface area contributed by atoms with Gasteiger partial charge in [-0.1, -0.05) is 84.3 Å². The number of hydrogen-bond acceptors (Lipinski definition) is 1. The molecule has 1 aliphatic heterocycles. The van der Waals surface area contributed by atoms with Crippen LogP contribution in [0.4, 0.5) is 24.5 Å². The van der Waals surface area contributed by atoms with E-state index in [9.17, 15) is 13.2 Å². The predicted octanol–water partition coefficient (Wildman–Crippen LogP) is 5.63. The normalized spacial score (nSPS) is 13.0. The Labute approximate surface area is 173 Å². The van der Waals surface area contributed by atoms with E-state index in [1.807, 2.05) is 77.6 Å². The molecular weight excluding hydrogens is 382 g/mol. The highest BCUT2D eigenvalue weighted by Crippen LogP contribution is 2.46. The van der Waals surface area contributed by atoms with Crippen molar-refractivity contribution in [3.63, 3.8) is 0 Å². The highest BCUT2D eigenvalue weighted by Gasteiger charge is 2.42. The van der Waals surface area contributed by atoms with Crippen LogP contribution in [0.25, 0.3) is 11.1 Å². The Morgan fingerprint density at radius 1 is 0.633 bits per heavy atom. The standard InChI is InChI=1S/C25H17BF3N/c27-25(28,29)21-15-9-17-23-24(21)20-14-7-8-16-22(20)26(18-10-3-1-4-11-18)30(23)19-12-5-2-6-13-19/h1-17H. The Morgan fingerprint density at radius 2 is 1.27 bits per heavy atom. The van der Waals surface area contributed by atoms with Gasteiger partial charge in [0, 0.05) is 16.9 Å². The molecule has 1 nitrogen and oxygen atoms in total. The monoisotopic (exact) mass is 399 g/mol. The smallest absolute Gasteiger partial charge is 0.376 e. The summed E-state index contributed by atoms with van der Waals surface area (Å²) in [5.74, 6) is 0. The van der Waals surface area contributed by atoms with E-state index in [4.69, 9.17) is 0 Å². The van der Waals surface area contributed by atoms with Gasteiger partial charge in [0.1, 0.15) is 0 Å². The maximum atomic E-state index is 14.0. The lowest BCUT2D eigenvalue weighted by Crippen LogP contribution is -2.57. The van der Waals surface area contributed by atoms with Crippen LogP contribution in [0.1, 0.15) is 5.56 Å². The summed E-state index contributed by atoms with van der Waals surface area (Å²) in [6.45, 7) is -0.235. The van der Waals surface area contributed by atoms with Crippen LogP contribution in [0.2, 0.25) is 0 Å². The van der Waals surface area contributed by atoms with Gasteiger partial charge in [-0.25, -0.2) is 0 Å². The number of rotatable bonds is 2. The highest BCUT2D eigenvalue weighted by molar-refractivity contribution is 6.90.